The van der Waals surface area contributed by atoms with Crippen LogP contribution in [0.15, 0.2) is 33.9 Å². The number of para-hydroxylation sites is 1. The van der Waals surface area contributed by atoms with Crippen LogP contribution in [0, 0.1) is 6.92 Å². The van der Waals surface area contributed by atoms with E-state index in [2.05, 4.69) is 4.98 Å². The summed E-state index contributed by atoms with van der Waals surface area (Å²) in [4.78, 5) is 25.7. The molecule has 20 heavy (non-hydrogen) atoms. The number of hydrogen-bond donors (Lipinski definition) is 2. The van der Waals surface area contributed by atoms with Crippen molar-refractivity contribution in [2.45, 2.75) is 19.4 Å². The van der Waals surface area contributed by atoms with Crippen LogP contribution in [-0.4, -0.2) is 21.3 Å². The van der Waals surface area contributed by atoms with Crippen molar-refractivity contribution in [3.63, 3.8) is 0 Å². The topological polar surface area (TPSA) is 84.3 Å². The fourth-order valence-corrected chi connectivity index (χ4v) is 2.51. The van der Waals surface area contributed by atoms with E-state index >= 15 is 0 Å². The van der Waals surface area contributed by atoms with Gasteiger partial charge in [0.1, 0.15) is 5.75 Å². The SMILES string of the molecule is Cc1c(O)n(C2CCOc3ccccc32)c(=O)[nH]c1=O. The molecule has 2 aromatic rings. The number of aromatic amines is 1. The average Bonchev–Trinajstić information content (AvgIpc) is 2.45. The van der Waals surface area contributed by atoms with E-state index in [-0.39, 0.29) is 17.5 Å². The number of H-pyrrole nitrogens is 1. The van der Waals surface area contributed by atoms with Crippen molar-refractivity contribution in [3.05, 3.63) is 56.2 Å². The Bertz CT molecular complexity index is 775. The minimum Gasteiger partial charge on any atom is -0.494 e. The van der Waals surface area contributed by atoms with Gasteiger partial charge in [-0.05, 0) is 13.0 Å². The third-order valence-electron chi connectivity index (χ3n) is 3.58. The molecule has 0 bridgehead atoms. The Hall–Kier alpha value is -2.50. The lowest BCUT2D eigenvalue weighted by molar-refractivity contribution is 0.244. The Morgan fingerprint density at radius 3 is 2.90 bits per heavy atom. The van der Waals surface area contributed by atoms with E-state index in [9.17, 15) is 14.7 Å². The zero-order valence-corrected chi connectivity index (χ0v) is 10.9. The van der Waals surface area contributed by atoms with Gasteiger partial charge in [0.15, 0.2) is 0 Å². The van der Waals surface area contributed by atoms with Crippen LogP contribution in [0.4, 0.5) is 0 Å². The number of fused-ring (bicyclic) bond motifs is 1. The van der Waals surface area contributed by atoms with E-state index in [1.807, 2.05) is 24.3 Å². The molecule has 0 aliphatic carbocycles. The van der Waals surface area contributed by atoms with Gasteiger partial charge in [0.05, 0.1) is 18.2 Å². The molecule has 2 heterocycles. The molecule has 1 aliphatic heterocycles. The normalized spacial score (nSPS) is 17.4. The maximum Gasteiger partial charge on any atom is 0.331 e. The first-order chi connectivity index (χ1) is 9.59. The Balaban J connectivity index is 2.24. The zero-order valence-electron chi connectivity index (χ0n) is 10.9. The van der Waals surface area contributed by atoms with Crippen LogP contribution in [0.5, 0.6) is 11.6 Å². The highest BCUT2D eigenvalue weighted by molar-refractivity contribution is 5.39. The Kier molecular flexibility index (Phi) is 2.85. The van der Waals surface area contributed by atoms with Crippen LogP contribution in [0.3, 0.4) is 0 Å². The van der Waals surface area contributed by atoms with Crippen LogP contribution >= 0.6 is 0 Å². The van der Waals surface area contributed by atoms with Gasteiger partial charge in [-0.15, -0.1) is 0 Å². The molecule has 1 aromatic carbocycles. The number of aromatic nitrogens is 2. The van der Waals surface area contributed by atoms with Crippen molar-refractivity contribution in [3.8, 4) is 11.6 Å². The van der Waals surface area contributed by atoms with Crippen molar-refractivity contribution in [2.75, 3.05) is 6.61 Å². The quantitative estimate of drug-likeness (QED) is 0.810. The zero-order chi connectivity index (χ0) is 14.3. The van der Waals surface area contributed by atoms with Gasteiger partial charge in [0, 0.05) is 12.0 Å². The molecule has 1 unspecified atom stereocenters. The molecule has 1 aliphatic rings. The molecule has 0 spiro atoms. The number of benzene rings is 1. The number of hydrogen-bond acceptors (Lipinski definition) is 4. The van der Waals surface area contributed by atoms with Gasteiger partial charge in [0.2, 0.25) is 5.88 Å². The third kappa shape index (κ3) is 1.80. The highest BCUT2D eigenvalue weighted by Gasteiger charge is 2.26. The summed E-state index contributed by atoms with van der Waals surface area (Å²) in [5.41, 5.74) is -0.222. The minimum absolute atomic E-state index is 0.133. The summed E-state index contributed by atoms with van der Waals surface area (Å²) in [5, 5.41) is 10.1. The number of nitrogens with zero attached hydrogens (tertiary/aromatic N) is 1. The summed E-state index contributed by atoms with van der Waals surface area (Å²) in [6.45, 7) is 1.93. The Morgan fingerprint density at radius 2 is 2.10 bits per heavy atom. The van der Waals surface area contributed by atoms with E-state index in [0.29, 0.717) is 18.8 Å². The first-order valence-electron chi connectivity index (χ1n) is 6.35. The summed E-state index contributed by atoms with van der Waals surface area (Å²) in [7, 11) is 0. The van der Waals surface area contributed by atoms with Gasteiger partial charge in [0.25, 0.3) is 5.56 Å². The first kappa shape index (κ1) is 12.5. The van der Waals surface area contributed by atoms with Crippen LogP contribution in [-0.2, 0) is 0 Å². The van der Waals surface area contributed by atoms with Crippen LogP contribution < -0.4 is 16.0 Å². The molecule has 0 fully saturated rings. The predicted molar refractivity (Wildman–Crippen MR) is 72.4 cm³/mol. The predicted octanol–water partition coefficient (Wildman–Crippen LogP) is 0.923. The molecule has 104 valence electrons. The van der Waals surface area contributed by atoms with E-state index in [1.54, 1.807) is 0 Å². The van der Waals surface area contributed by atoms with Gasteiger partial charge in [-0.3, -0.25) is 14.3 Å². The van der Waals surface area contributed by atoms with Crippen molar-refractivity contribution in [1.82, 2.24) is 9.55 Å². The molecule has 0 saturated carbocycles. The molecule has 0 radical (unpaired) electrons. The summed E-state index contributed by atoms with van der Waals surface area (Å²) < 4.78 is 6.76. The summed E-state index contributed by atoms with van der Waals surface area (Å²) in [6.07, 6.45) is 0.552. The second-order valence-corrected chi connectivity index (χ2v) is 4.77. The van der Waals surface area contributed by atoms with Crippen LogP contribution in [0.1, 0.15) is 23.6 Å². The first-order valence-corrected chi connectivity index (χ1v) is 6.35. The molecule has 6 heteroatoms. The van der Waals surface area contributed by atoms with Crippen LogP contribution in [0.2, 0.25) is 0 Å². The monoisotopic (exact) mass is 274 g/mol. The lowest BCUT2D eigenvalue weighted by Gasteiger charge is -2.27. The molecular formula is C14H14N2O4. The maximum absolute atomic E-state index is 12.0. The van der Waals surface area contributed by atoms with Gasteiger partial charge < -0.3 is 9.84 Å². The highest BCUT2D eigenvalue weighted by Crippen LogP contribution is 2.35. The molecular weight excluding hydrogens is 260 g/mol. The molecule has 6 nitrogen and oxygen atoms in total. The Labute approximate surface area is 114 Å². The lowest BCUT2D eigenvalue weighted by Crippen LogP contribution is -2.35. The molecule has 2 N–H and O–H groups in total. The van der Waals surface area contributed by atoms with Gasteiger partial charge >= 0.3 is 5.69 Å². The highest BCUT2D eigenvalue weighted by atomic mass is 16.5. The number of nitrogens with one attached hydrogen (secondary N) is 1. The van der Waals surface area contributed by atoms with Crippen molar-refractivity contribution in [1.29, 1.82) is 0 Å². The molecule has 1 aromatic heterocycles. The Morgan fingerprint density at radius 1 is 1.35 bits per heavy atom. The van der Waals surface area contributed by atoms with E-state index in [1.165, 1.54) is 11.5 Å². The molecule has 1 atom stereocenters. The summed E-state index contributed by atoms with van der Waals surface area (Å²) in [5.74, 6) is 0.402. The fourth-order valence-electron chi connectivity index (χ4n) is 2.51. The minimum atomic E-state index is -0.611. The number of aromatic hydroxyl groups is 1. The van der Waals surface area contributed by atoms with Crippen LogP contribution in [0.25, 0.3) is 0 Å². The molecule has 0 amide bonds. The molecule has 3 rings (SSSR count). The van der Waals surface area contributed by atoms with E-state index < -0.39 is 11.2 Å². The second-order valence-electron chi connectivity index (χ2n) is 4.77. The summed E-state index contributed by atoms with van der Waals surface area (Å²) in [6, 6.07) is 7.03. The largest absolute Gasteiger partial charge is 0.494 e. The number of ether oxygens (including phenoxy) is 1. The smallest absolute Gasteiger partial charge is 0.331 e. The van der Waals surface area contributed by atoms with Gasteiger partial charge in [-0.2, -0.15) is 0 Å². The van der Waals surface area contributed by atoms with Gasteiger partial charge in [-0.25, -0.2) is 4.79 Å². The summed E-state index contributed by atoms with van der Waals surface area (Å²) >= 11 is 0. The van der Waals surface area contributed by atoms with Crippen molar-refractivity contribution >= 4 is 0 Å². The second kappa shape index (κ2) is 4.56. The third-order valence-corrected chi connectivity index (χ3v) is 3.58. The number of rotatable bonds is 1. The lowest BCUT2D eigenvalue weighted by atomic mass is 10.00. The van der Waals surface area contributed by atoms with Crippen molar-refractivity contribution < 1.29 is 9.84 Å². The molecule has 0 saturated heterocycles. The fraction of sp³-hybridized carbons (Fsp3) is 0.286. The van der Waals surface area contributed by atoms with E-state index in [4.69, 9.17) is 4.74 Å². The van der Waals surface area contributed by atoms with Crippen molar-refractivity contribution in [2.24, 2.45) is 0 Å². The standard InChI is InChI=1S/C14H14N2O4/c1-8-12(17)15-14(19)16(13(8)18)10-6-7-20-11-5-3-2-4-9(10)11/h2-5,10,18H,6-7H2,1H3,(H,15,17,19). The van der Waals surface area contributed by atoms with E-state index in [0.717, 1.165) is 5.56 Å². The van der Waals surface area contributed by atoms with Gasteiger partial charge in [-0.1, -0.05) is 18.2 Å². The average molecular weight is 274 g/mol. The maximum atomic E-state index is 12.0.